The minimum atomic E-state index is -3.71. The number of hydrogen-bond donors (Lipinski definition) is 1. The van der Waals surface area contributed by atoms with Crippen molar-refractivity contribution in [2.45, 2.75) is 48.2 Å². The summed E-state index contributed by atoms with van der Waals surface area (Å²) in [4.78, 5) is 2.50. The van der Waals surface area contributed by atoms with Crippen LogP contribution in [0, 0.1) is 18.8 Å². The first-order valence-electron chi connectivity index (χ1n) is 12.0. The van der Waals surface area contributed by atoms with Crippen molar-refractivity contribution in [3.8, 4) is 11.5 Å². The Hall–Kier alpha value is -3.17. The molecule has 4 atom stereocenters. The monoisotopic (exact) mass is 492 g/mol. The third-order valence-corrected chi connectivity index (χ3v) is 9.28. The van der Waals surface area contributed by atoms with Crippen LogP contribution in [0.15, 0.2) is 64.5 Å². The molecule has 0 bridgehead atoms. The smallest absolute Gasteiger partial charge is 0.231 e. The van der Waals surface area contributed by atoms with Crippen LogP contribution in [0.1, 0.15) is 24.0 Å². The minimum Gasteiger partial charge on any atom is -0.454 e. The predicted molar refractivity (Wildman–Crippen MR) is 130 cm³/mol. The average Bonchev–Trinajstić information content (AvgIpc) is 3.55. The maximum atomic E-state index is 12.9. The number of benzene rings is 2. The number of rotatable bonds is 5. The molecule has 9 heteroatoms. The van der Waals surface area contributed by atoms with Gasteiger partial charge >= 0.3 is 0 Å². The lowest BCUT2D eigenvalue weighted by molar-refractivity contribution is 0.174. The van der Waals surface area contributed by atoms with E-state index in [1.165, 1.54) is 5.56 Å². The number of nitrogens with zero attached hydrogens (tertiary/aromatic N) is 3. The Morgan fingerprint density at radius 1 is 1.03 bits per heavy atom. The number of ether oxygens (including phenoxy) is 2. The minimum absolute atomic E-state index is 0.0444. The van der Waals surface area contributed by atoms with Crippen LogP contribution in [0.5, 0.6) is 11.5 Å². The zero-order valence-corrected chi connectivity index (χ0v) is 20.3. The van der Waals surface area contributed by atoms with Crippen molar-refractivity contribution in [3.63, 3.8) is 0 Å². The Balaban J connectivity index is 1.30. The van der Waals surface area contributed by atoms with Crippen LogP contribution in [0.4, 0.5) is 5.82 Å². The molecule has 0 amide bonds. The van der Waals surface area contributed by atoms with Gasteiger partial charge in [0, 0.05) is 18.6 Å². The van der Waals surface area contributed by atoms with Gasteiger partial charge in [-0.05, 0) is 85.5 Å². The molecule has 3 aliphatic rings. The molecule has 3 aromatic rings. The van der Waals surface area contributed by atoms with Crippen molar-refractivity contribution in [1.29, 1.82) is 0 Å². The first-order chi connectivity index (χ1) is 16.9. The molecule has 8 nitrogen and oxygen atoms in total. The van der Waals surface area contributed by atoms with Crippen LogP contribution in [-0.4, -0.2) is 44.0 Å². The summed E-state index contributed by atoms with van der Waals surface area (Å²) >= 11 is 0. The summed E-state index contributed by atoms with van der Waals surface area (Å²) in [6.07, 6.45) is 2.79. The Morgan fingerprint density at radius 3 is 2.54 bits per heavy atom. The summed E-state index contributed by atoms with van der Waals surface area (Å²) in [6.45, 7) is 3.19. The quantitative estimate of drug-likeness (QED) is 0.579. The van der Waals surface area contributed by atoms with E-state index in [4.69, 9.17) is 15.2 Å². The van der Waals surface area contributed by atoms with Crippen LogP contribution in [0.2, 0.25) is 0 Å². The van der Waals surface area contributed by atoms with Crippen molar-refractivity contribution < 1.29 is 17.9 Å². The highest BCUT2D eigenvalue weighted by Crippen LogP contribution is 2.45. The molecule has 6 rings (SSSR count). The lowest BCUT2D eigenvalue weighted by atomic mass is 9.88. The van der Waals surface area contributed by atoms with Crippen molar-refractivity contribution in [3.05, 3.63) is 65.7 Å². The van der Waals surface area contributed by atoms with Crippen LogP contribution in [0.3, 0.4) is 0 Å². The summed E-state index contributed by atoms with van der Waals surface area (Å²) < 4.78 is 37.0. The predicted octanol–water partition coefficient (Wildman–Crippen LogP) is 3.13. The Kier molecular flexibility index (Phi) is 5.41. The van der Waals surface area contributed by atoms with Gasteiger partial charge in [0.25, 0.3) is 0 Å². The molecular weight excluding hydrogens is 464 g/mol. The maximum absolute atomic E-state index is 12.9. The van der Waals surface area contributed by atoms with Gasteiger partial charge in [-0.2, -0.15) is 0 Å². The van der Waals surface area contributed by atoms with Crippen LogP contribution < -0.4 is 20.1 Å². The number of anilines is 1. The van der Waals surface area contributed by atoms with Gasteiger partial charge in [-0.25, -0.2) is 8.42 Å². The highest BCUT2D eigenvalue weighted by atomic mass is 32.2. The zero-order valence-electron chi connectivity index (χ0n) is 19.5. The summed E-state index contributed by atoms with van der Waals surface area (Å²) in [6, 6.07) is 16.2. The lowest BCUT2D eigenvalue weighted by Crippen LogP contribution is -2.37. The van der Waals surface area contributed by atoms with E-state index in [0.29, 0.717) is 17.7 Å². The molecule has 3 heterocycles. The third kappa shape index (κ3) is 3.92. The number of fused-ring (bicyclic) bond motifs is 2. The molecular formula is C26H28N4O4S. The standard InChI is InChI=1S/C26H28N4O4S/c1-16-9-23-24(34-15-33-23)12-17(16)11-22-21-13-19(27)10-18(21)14-30(22)25-7-8-26(29-28-25)35(31,32)20-5-3-2-4-6-20/h2-9,12,18-19,21-22H,10-11,13-15,27H2,1H3/t18-,19+,21+,22+/m1/s1. The summed E-state index contributed by atoms with van der Waals surface area (Å²) in [5, 5.41) is 8.49. The molecule has 182 valence electrons. The van der Waals surface area contributed by atoms with Gasteiger partial charge < -0.3 is 20.1 Å². The van der Waals surface area contributed by atoms with Crippen molar-refractivity contribution in [2.75, 3.05) is 18.2 Å². The van der Waals surface area contributed by atoms with E-state index in [0.717, 1.165) is 42.9 Å². The molecule has 0 unspecified atom stereocenters. The molecule has 1 saturated carbocycles. The van der Waals surface area contributed by atoms with Gasteiger partial charge in [0.05, 0.1) is 4.90 Å². The fourth-order valence-electron chi connectivity index (χ4n) is 5.89. The highest BCUT2D eigenvalue weighted by molar-refractivity contribution is 7.91. The van der Waals surface area contributed by atoms with E-state index in [-0.39, 0.29) is 28.8 Å². The molecule has 2 aliphatic heterocycles. The van der Waals surface area contributed by atoms with Crippen LogP contribution in [-0.2, 0) is 16.3 Å². The normalized spacial score (nSPS) is 25.1. The molecule has 2 fully saturated rings. The molecule has 0 spiro atoms. The van der Waals surface area contributed by atoms with Gasteiger partial charge in [-0.3, -0.25) is 0 Å². The van der Waals surface area contributed by atoms with E-state index in [1.807, 2.05) is 6.07 Å². The fourth-order valence-corrected chi connectivity index (χ4v) is 7.04. The van der Waals surface area contributed by atoms with Crippen LogP contribution >= 0.6 is 0 Å². The van der Waals surface area contributed by atoms with E-state index >= 15 is 0 Å². The molecule has 1 aliphatic carbocycles. The van der Waals surface area contributed by atoms with Crippen molar-refractivity contribution in [1.82, 2.24) is 10.2 Å². The first kappa shape index (κ1) is 22.3. The molecule has 2 N–H and O–H groups in total. The van der Waals surface area contributed by atoms with Gasteiger partial charge in [-0.1, -0.05) is 18.2 Å². The highest BCUT2D eigenvalue weighted by Gasteiger charge is 2.47. The van der Waals surface area contributed by atoms with E-state index < -0.39 is 9.84 Å². The third-order valence-electron chi connectivity index (χ3n) is 7.62. The Labute approximate surface area is 205 Å². The lowest BCUT2D eigenvalue weighted by Gasteiger charge is -2.30. The number of aromatic nitrogens is 2. The van der Waals surface area contributed by atoms with Crippen LogP contribution in [0.25, 0.3) is 0 Å². The summed E-state index contributed by atoms with van der Waals surface area (Å²) in [5.74, 6) is 3.20. The van der Waals surface area contributed by atoms with Crippen molar-refractivity contribution in [2.24, 2.45) is 17.6 Å². The maximum Gasteiger partial charge on any atom is 0.231 e. The first-order valence-corrected chi connectivity index (χ1v) is 13.4. The van der Waals surface area contributed by atoms with Gasteiger partial charge in [0.1, 0.15) is 0 Å². The summed E-state index contributed by atoms with van der Waals surface area (Å²) in [7, 11) is -3.71. The Bertz CT molecular complexity index is 1350. The summed E-state index contributed by atoms with van der Waals surface area (Å²) in [5.41, 5.74) is 8.71. The molecule has 0 radical (unpaired) electrons. The second-order valence-electron chi connectivity index (χ2n) is 9.76. The second kappa shape index (κ2) is 8.49. The molecule has 35 heavy (non-hydrogen) atoms. The van der Waals surface area contributed by atoms with E-state index in [9.17, 15) is 8.42 Å². The molecule has 2 aromatic carbocycles. The zero-order chi connectivity index (χ0) is 24.2. The van der Waals surface area contributed by atoms with Gasteiger partial charge in [0.15, 0.2) is 22.3 Å². The van der Waals surface area contributed by atoms with E-state index in [2.05, 4.69) is 28.1 Å². The Morgan fingerprint density at radius 2 is 1.80 bits per heavy atom. The molecule has 1 saturated heterocycles. The average molecular weight is 493 g/mol. The fraction of sp³-hybridized carbons (Fsp3) is 0.385. The van der Waals surface area contributed by atoms with Crippen molar-refractivity contribution >= 4 is 15.7 Å². The molecule has 1 aromatic heterocycles. The number of nitrogens with two attached hydrogens (primary N) is 1. The topological polar surface area (TPSA) is 108 Å². The van der Waals surface area contributed by atoms with Gasteiger partial charge in [-0.15, -0.1) is 10.2 Å². The number of aryl methyl sites for hydroxylation is 1. The largest absolute Gasteiger partial charge is 0.454 e. The number of hydrogen-bond acceptors (Lipinski definition) is 8. The SMILES string of the molecule is Cc1cc2c(cc1C[C@H]1[C@H]3C[C@@H](N)C[C@@H]3CN1c1ccc(S(=O)(=O)c3ccccc3)nn1)OCO2. The van der Waals surface area contributed by atoms with E-state index in [1.54, 1.807) is 42.5 Å². The number of sulfone groups is 1. The second-order valence-corrected chi connectivity index (χ2v) is 11.7. The van der Waals surface area contributed by atoms with Gasteiger partial charge in [0.2, 0.25) is 16.6 Å².